The first-order valence-electron chi connectivity index (χ1n) is 3.35. The zero-order valence-electron chi connectivity index (χ0n) is 5.83. The predicted molar refractivity (Wildman–Crippen MR) is 40.7 cm³/mol. The van der Waals surface area contributed by atoms with E-state index >= 15 is 0 Å². The summed E-state index contributed by atoms with van der Waals surface area (Å²) in [6.45, 7) is 3.95. The van der Waals surface area contributed by atoms with E-state index in [1.54, 1.807) is 0 Å². The smallest absolute Gasteiger partial charge is 0.0956 e. The molecule has 1 aromatic rings. The molecule has 0 amide bonds. The Morgan fingerprint density at radius 2 is 2.20 bits per heavy atom. The van der Waals surface area contributed by atoms with Gasteiger partial charge in [-0.15, -0.1) is 0 Å². The van der Waals surface area contributed by atoms with Crippen molar-refractivity contribution in [2.75, 3.05) is 0 Å². The van der Waals surface area contributed by atoms with Crippen LogP contribution in [0.15, 0.2) is 23.2 Å². The molecule has 49 valence electrons. The maximum Gasteiger partial charge on any atom is 0.0956 e. The van der Waals surface area contributed by atoms with E-state index in [0.29, 0.717) is 0 Å². The van der Waals surface area contributed by atoms with Crippen molar-refractivity contribution in [2.45, 2.75) is 6.92 Å². The van der Waals surface area contributed by atoms with Gasteiger partial charge >= 0.3 is 0 Å². The van der Waals surface area contributed by atoms with Gasteiger partial charge in [0.2, 0.25) is 0 Å². The molecule has 0 N–H and O–H groups in total. The lowest BCUT2D eigenvalue weighted by Gasteiger charge is -1.88. The second-order valence-corrected chi connectivity index (χ2v) is 2.45. The maximum absolute atomic E-state index is 4.18. The molecule has 1 heteroatoms. The number of nitrogens with zero attached hydrogens (tertiary/aromatic N) is 1. The van der Waals surface area contributed by atoms with Gasteiger partial charge < -0.3 is 0 Å². The first-order valence-corrected chi connectivity index (χ1v) is 3.35. The Kier molecular flexibility index (Phi) is 1.10. The number of hydrogen-bond acceptors (Lipinski definition) is 1. The average Bonchev–Trinajstić information content (AvgIpc) is 2.36. The zero-order chi connectivity index (χ0) is 6.97. The van der Waals surface area contributed by atoms with Crippen molar-refractivity contribution in [1.82, 2.24) is 0 Å². The topological polar surface area (TPSA) is 12.4 Å². The molecule has 1 aliphatic rings. The van der Waals surface area contributed by atoms with E-state index < -0.39 is 0 Å². The largest absolute Gasteiger partial charge is 0.275 e. The molecule has 1 aliphatic heterocycles. The summed E-state index contributed by atoms with van der Waals surface area (Å²) in [5, 5.41) is 2.36. The third-order valence-corrected chi connectivity index (χ3v) is 1.76. The van der Waals surface area contributed by atoms with Gasteiger partial charge in [0.1, 0.15) is 0 Å². The maximum atomic E-state index is 4.18. The minimum Gasteiger partial charge on any atom is -0.275 e. The lowest BCUT2D eigenvalue weighted by atomic mass is 10.2. The van der Waals surface area contributed by atoms with Crippen LogP contribution < -0.4 is 10.6 Å². The van der Waals surface area contributed by atoms with Crippen LogP contribution in [-0.4, -0.2) is 0 Å². The standard InChI is InChI=1S/C9H8N/c1-7-3-2-4-9-8(7)5-6-10-9/h2-6H,1H3. The van der Waals surface area contributed by atoms with Crippen molar-refractivity contribution in [3.8, 4) is 0 Å². The van der Waals surface area contributed by atoms with E-state index in [2.05, 4.69) is 18.0 Å². The van der Waals surface area contributed by atoms with Crippen LogP contribution in [0.5, 0.6) is 0 Å². The lowest BCUT2D eigenvalue weighted by molar-refractivity contribution is 1.29. The molecule has 10 heavy (non-hydrogen) atoms. The van der Waals surface area contributed by atoms with E-state index in [-0.39, 0.29) is 0 Å². The van der Waals surface area contributed by atoms with Crippen molar-refractivity contribution in [2.24, 2.45) is 4.99 Å². The van der Waals surface area contributed by atoms with Gasteiger partial charge in [-0.1, -0.05) is 12.1 Å². The van der Waals surface area contributed by atoms with Gasteiger partial charge in [-0.05, 0) is 24.6 Å². The number of hydrogen-bond donors (Lipinski definition) is 0. The Labute approximate surface area is 59.7 Å². The summed E-state index contributed by atoms with van der Waals surface area (Å²) in [6.07, 6.45) is 2.05. The second-order valence-electron chi connectivity index (χ2n) is 2.45. The van der Waals surface area contributed by atoms with Crippen LogP contribution in [0.3, 0.4) is 0 Å². The monoisotopic (exact) mass is 130 g/mol. The zero-order valence-corrected chi connectivity index (χ0v) is 5.83. The number of fused-ring (bicyclic) bond motifs is 1. The number of rotatable bonds is 0. The summed E-state index contributed by atoms with van der Waals surface area (Å²) in [5.41, 5.74) is 1.30. The summed E-state index contributed by atoms with van der Waals surface area (Å²) in [5.74, 6) is 0. The lowest BCUT2D eigenvalue weighted by Crippen LogP contribution is -2.23. The quantitative estimate of drug-likeness (QED) is 0.487. The third-order valence-electron chi connectivity index (χ3n) is 1.76. The highest BCUT2D eigenvalue weighted by Gasteiger charge is 1.95. The van der Waals surface area contributed by atoms with Gasteiger partial charge in [0.25, 0.3) is 0 Å². The molecule has 0 unspecified atom stereocenters. The highest BCUT2D eigenvalue weighted by molar-refractivity contribution is 5.39. The van der Waals surface area contributed by atoms with Crippen molar-refractivity contribution < 1.29 is 0 Å². The van der Waals surface area contributed by atoms with Gasteiger partial charge in [-0.25, -0.2) is 0 Å². The number of benzene rings is 1. The Hall–Kier alpha value is -1.11. The van der Waals surface area contributed by atoms with Crippen LogP contribution >= 0.6 is 0 Å². The van der Waals surface area contributed by atoms with E-state index in [9.17, 15) is 0 Å². The minimum atomic E-state index is 1.10. The van der Waals surface area contributed by atoms with E-state index in [1.807, 2.05) is 24.8 Å². The summed E-state index contributed by atoms with van der Waals surface area (Å²) in [4.78, 5) is 4.18. The molecule has 0 aromatic heterocycles. The molecular formula is C9H8N. The Balaban J connectivity index is 2.97. The van der Waals surface area contributed by atoms with Crippen LogP contribution in [0.1, 0.15) is 5.56 Å². The number of aryl methyl sites for hydroxylation is 1. The van der Waals surface area contributed by atoms with Crippen molar-refractivity contribution in [1.29, 1.82) is 0 Å². The molecule has 1 radical (unpaired) electrons. The third kappa shape index (κ3) is 0.670. The van der Waals surface area contributed by atoms with Gasteiger partial charge in [0.15, 0.2) is 0 Å². The molecule has 0 saturated carbocycles. The molecule has 0 fully saturated rings. The molecule has 0 bridgehead atoms. The predicted octanol–water partition coefficient (Wildman–Crippen LogP) is 0.571. The normalized spacial score (nSPS) is 13.7. The highest BCUT2D eigenvalue weighted by Crippen LogP contribution is 1.90. The van der Waals surface area contributed by atoms with Gasteiger partial charge in [-0.3, -0.25) is 4.99 Å². The van der Waals surface area contributed by atoms with Crippen molar-refractivity contribution >= 4 is 6.08 Å². The fourth-order valence-electron chi connectivity index (χ4n) is 1.19. The summed E-state index contributed by atoms with van der Waals surface area (Å²) < 4.78 is 0. The van der Waals surface area contributed by atoms with Gasteiger partial charge in [0.05, 0.1) is 11.9 Å². The molecule has 2 rings (SSSR count). The molecule has 1 nitrogen and oxygen atoms in total. The van der Waals surface area contributed by atoms with Crippen LogP contribution in [0.2, 0.25) is 0 Å². The molecule has 1 aromatic carbocycles. The van der Waals surface area contributed by atoms with Crippen molar-refractivity contribution in [3.63, 3.8) is 0 Å². The fraction of sp³-hybridized carbons (Fsp3) is 0.111. The van der Waals surface area contributed by atoms with Crippen LogP contribution in [0.4, 0.5) is 0 Å². The molecule has 1 heterocycles. The molecule has 0 aliphatic carbocycles. The second kappa shape index (κ2) is 1.94. The van der Waals surface area contributed by atoms with E-state index in [1.165, 1.54) is 10.8 Å². The van der Waals surface area contributed by atoms with Gasteiger partial charge in [0, 0.05) is 5.22 Å². The fourth-order valence-corrected chi connectivity index (χ4v) is 1.19. The van der Waals surface area contributed by atoms with E-state index in [4.69, 9.17) is 0 Å². The first kappa shape index (κ1) is 5.66. The van der Waals surface area contributed by atoms with Crippen LogP contribution in [-0.2, 0) is 0 Å². The van der Waals surface area contributed by atoms with Crippen LogP contribution in [0, 0.1) is 13.5 Å². The molecule has 0 saturated heterocycles. The summed E-state index contributed by atoms with van der Waals surface area (Å²) >= 11 is 0. The van der Waals surface area contributed by atoms with E-state index in [0.717, 1.165) is 5.36 Å². The minimum absolute atomic E-state index is 1.10. The Bertz CT molecular complexity index is 363. The van der Waals surface area contributed by atoms with Crippen molar-refractivity contribution in [3.05, 3.63) is 40.9 Å². The molecule has 0 spiro atoms. The first-order chi connectivity index (χ1) is 4.88. The Morgan fingerprint density at radius 3 is 3.00 bits per heavy atom. The SMILES string of the molecule is Cc1cccc2c1=C[CH]N=2. The summed E-state index contributed by atoms with van der Waals surface area (Å²) in [6, 6.07) is 6.16. The molecule has 0 atom stereocenters. The Morgan fingerprint density at radius 1 is 1.30 bits per heavy atom. The van der Waals surface area contributed by atoms with Gasteiger partial charge in [-0.2, -0.15) is 0 Å². The van der Waals surface area contributed by atoms with Crippen LogP contribution in [0.25, 0.3) is 6.08 Å². The highest BCUT2D eigenvalue weighted by atomic mass is 14.7. The summed E-state index contributed by atoms with van der Waals surface area (Å²) in [7, 11) is 0. The average molecular weight is 130 g/mol. The molecular weight excluding hydrogens is 122 g/mol.